The van der Waals surface area contributed by atoms with Crippen LogP contribution >= 0.6 is 0 Å². The third-order valence-electron chi connectivity index (χ3n) is 12.0. The highest BCUT2D eigenvalue weighted by Gasteiger charge is 2.34. The third-order valence-corrected chi connectivity index (χ3v) is 12.0. The van der Waals surface area contributed by atoms with Crippen LogP contribution in [0.25, 0.3) is 10.8 Å². The van der Waals surface area contributed by atoms with Crippen molar-refractivity contribution in [1.82, 2.24) is 31.9 Å². The maximum Gasteiger partial charge on any atom is 0.326 e. The van der Waals surface area contributed by atoms with Gasteiger partial charge in [-0.1, -0.05) is 92.6 Å². The quantitative estimate of drug-likeness (QED) is 0.0165. The molecule has 0 radical (unpaired) electrons. The van der Waals surface area contributed by atoms with E-state index in [4.69, 9.17) is 45.9 Å². The van der Waals surface area contributed by atoms with E-state index in [1.807, 2.05) is 43.3 Å². The minimum atomic E-state index is -1.55. The number of carbonyl (C=O) groups is 8. The highest BCUT2D eigenvalue weighted by molar-refractivity contribution is 5.97. The monoisotopic (exact) mass is 1070 g/mol. The molecule has 0 fully saturated rings. The highest BCUT2D eigenvalue weighted by Crippen LogP contribution is 2.18. The first-order valence-corrected chi connectivity index (χ1v) is 25.4. The van der Waals surface area contributed by atoms with Crippen LogP contribution in [0.4, 0.5) is 0 Å². The van der Waals surface area contributed by atoms with Crippen molar-refractivity contribution in [2.24, 2.45) is 60.8 Å². The summed E-state index contributed by atoms with van der Waals surface area (Å²) < 4.78 is 0. The fourth-order valence-corrected chi connectivity index (χ4v) is 7.93. The van der Waals surface area contributed by atoms with Gasteiger partial charge in [-0.25, -0.2) is 4.79 Å². The van der Waals surface area contributed by atoms with Gasteiger partial charge in [0.25, 0.3) is 0 Å². The number of nitrogens with zero attached hydrogens (tertiary/aromatic N) is 3. The Bertz CT molecular complexity index is 2530. The molecule has 7 atom stereocenters. The summed E-state index contributed by atoms with van der Waals surface area (Å²) in [6.45, 7) is 2.13. The number of benzene rings is 3. The zero-order chi connectivity index (χ0) is 56.9. The molecule has 0 bridgehead atoms. The van der Waals surface area contributed by atoms with Gasteiger partial charge < -0.3 is 82.9 Å². The van der Waals surface area contributed by atoms with Crippen molar-refractivity contribution in [2.75, 3.05) is 19.6 Å². The molecule has 0 aliphatic rings. The minimum absolute atomic E-state index is 0.0242. The average Bonchev–Trinajstić information content (AvgIpc) is 3.38. The van der Waals surface area contributed by atoms with Crippen molar-refractivity contribution < 1.29 is 43.5 Å². The number of rotatable bonds is 35. The number of hydrogen-bond acceptors (Lipinski definition) is 12. The highest BCUT2D eigenvalue weighted by atomic mass is 16.4. The topological polar surface area (TPSA) is 474 Å². The number of nitrogens with one attached hydrogen (secondary N) is 6. The zero-order valence-electron chi connectivity index (χ0n) is 43.5. The SMILES string of the molecule is CCCC[C@H](N)C(=O)N[C@@H](CCCN=C(N)N)C(=O)N[C@@H](CCCN=C(N)N)C(=O)N[C@@H](CCCN=C(N)N)C(=O)N[C@@H](Cc1ccc2ccccc2c1)C(=O)N[C@@H](Cc1ccccc1)C(=O)N[C@@H](CCC(N)=O)C(=O)O. The molecule has 0 aliphatic carbocycles. The molecule has 7 amide bonds. The fraction of sp³-hybridized carbons (Fsp3) is 0.471. The number of primary amides is 1. The van der Waals surface area contributed by atoms with E-state index in [0.717, 1.165) is 17.2 Å². The average molecular weight is 1070 g/mol. The normalized spacial score (nSPS) is 13.6. The largest absolute Gasteiger partial charge is 0.480 e. The van der Waals surface area contributed by atoms with Crippen LogP contribution in [0.1, 0.15) is 88.7 Å². The standard InChI is InChI=1S/C51H77N17O9/c1-2-3-16-34(52)42(70)63-35(17-9-24-60-49(54)55)43(71)64-36(18-10-25-61-50(56)57)44(72)65-37(19-11-26-62-51(58)59)45(73)67-40(29-31-20-21-32-14-7-8-15-33(32)27-31)47(75)68-39(28-30-12-5-4-6-13-30)46(74)66-38(48(76)77)22-23-41(53)69/h4-8,12-15,20-21,27,34-40H,2-3,9-11,16-19,22-26,28-29,52H2,1H3,(H2,53,69)(H,63,70)(H,64,71)(H,65,72)(H,66,74)(H,67,73)(H,68,75)(H,76,77)(H4,54,55,60)(H4,56,57,61)(H4,58,59,62)/t34-,35-,36-,37-,38-,39-,40-/m0/s1. The van der Waals surface area contributed by atoms with Crippen LogP contribution < -0.4 is 77.8 Å². The number of carboxylic acids is 1. The maximum absolute atomic E-state index is 14.7. The number of guanidine groups is 3. The van der Waals surface area contributed by atoms with E-state index < -0.39 is 89.6 Å². The summed E-state index contributed by atoms with van der Waals surface area (Å²) in [7, 11) is 0. The lowest BCUT2D eigenvalue weighted by Gasteiger charge is -2.28. The molecular formula is C51H77N17O9. The first-order chi connectivity index (χ1) is 36.7. The van der Waals surface area contributed by atoms with Crippen LogP contribution in [0.15, 0.2) is 87.8 Å². The fourth-order valence-electron chi connectivity index (χ4n) is 7.93. The molecule has 3 aromatic carbocycles. The molecular weight excluding hydrogens is 995 g/mol. The van der Waals surface area contributed by atoms with Gasteiger partial charge in [0.2, 0.25) is 41.4 Å². The maximum atomic E-state index is 14.7. The first-order valence-electron chi connectivity index (χ1n) is 25.4. The molecule has 0 saturated heterocycles. The van der Waals surface area contributed by atoms with E-state index >= 15 is 0 Å². The summed E-state index contributed by atoms with van der Waals surface area (Å²) >= 11 is 0. The molecule has 0 heterocycles. The van der Waals surface area contributed by atoms with E-state index in [1.54, 1.807) is 36.4 Å². The predicted octanol–water partition coefficient (Wildman–Crippen LogP) is -2.44. The number of carboxylic acid groups (broad SMARTS) is 1. The van der Waals surface area contributed by atoms with Gasteiger partial charge in [0.1, 0.15) is 36.3 Å². The van der Waals surface area contributed by atoms with E-state index in [-0.39, 0.29) is 102 Å². The lowest BCUT2D eigenvalue weighted by atomic mass is 9.99. The van der Waals surface area contributed by atoms with Gasteiger partial charge in [0.15, 0.2) is 17.9 Å². The van der Waals surface area contributed by atoms with Crippen molar-refractivity contribution in [2.45, 2.75) is 133 Å². The van der Waals surface area contributed by atoms with Crippen molar-refractivity contribution >= 4 is 76.0 Å². The Balaban J connectivity index is 2.07. The molecule has 23 N–H and O–H groups in total. The van der Waals surface area contributed by atoms with E-state index in [9.17, 15) is 43.5 Å². The number of nitrogens with two attached hydrogens (primary N) is 8. The summed E-state index contributed by atoms with van der Waals surface area (Å²) in [4.78, 5) is 121. The molecule has 26 heteroatoms. The Hall–Kier alpha value is -8.55. The van der Waals surface area contributed by atoms with Gasteiger partial charge in [-0.05, 0) is 73.3 Å². The van der Waals surface area contributed by atoms with Crippen LogP contribution in [0.3, 0.4) is 0 Å². The van der Waals surface area contributed by atoms with Gasteiger partial charge in [-0.15, -0.1) is 0 Å². The zero-order valence-corrected chi connectivity index (χ0v) is 43.5. The smallest absolute Gasteiger partial charge is 0.326 e. The molecule has 26 nitrogen and oxygen atoms in total. The third kappa shape index (κ3) is 24.1. The van der Waals surface area contributed by atoms with Crippen LogP contribution in [-0.2, 0) is 51.2 Å². The van der Waals surface area contributed by atoms with E-state index in [1.165, 1.54) is 0 Å². The van der Waals surface area contributed by atoms with Crippen molar-refractivity contribution in [3.05, 3.63) is 83.9 Å². The van der Waals surface area contributed by atoms with Crippen molar-refractivity contribution in [3.8, 4) is 0 Å². The van der Waals surface area contributed by atoms with E-state index in [0.29, 0.717) is 24.0 Å². The molecule has 77 heavy (non-hydrogen) atoms. The Morgan fingerprint density at radius 3 is 1.30 bits per heavy atom. The predicted molar refractivity (Wildman–Crippen MR) is 293 cm³/mol. The minimum Gasteiger partial charge on any atom is -0.480 e. The van der Waals surface area contributed by atoms with Crippen molar-refractivity contribution in [3.63, 3.8) is 0 Å². The second kappa shape index (κ2) is 33.4. The Labute approximate surface area is 447 Å². The molecule has 0 unspecified atom stereocenters. The number of aliphatic carboxylic acids is 1. The van der Waals surface area contributed by atoms with Gasteiger partial charge in [0.05, 0.1) is 6.04 Å². The Kier molecular flexibility index (Phi) is 27.2. The molecule has 0 aromatic heterocycles. The van der Waals surface area contributed by atoms with Crippen LogP contribution in [0, 0.1) is 0 Å². The molecule has 0 aliphatic heterocycles. The van der Waals surface area contributed by atoms with Gasteiger partial charge in [0, 0.05) is 38.9 Å². The lowest BCUT2D eigenvalue weighted by molar-refractivity contribution is -0.142. The molecule has 0 saturated carbocycles. The summed E-state index contributed by atoms with van der Waals surface area (Å²) in [5, 5.41) is 27.6. The second-order valence-electron chi connectivity index (χ2n) is 18.4. The van der Waals surface area contributed by atoms with Crippen LogP contribution in [-0.4, -0.2) is 132 Å². The Morgan fingerprint density at radius 1 is 0.455 bits per heavy atom. The van der Waals surface area contributed by atoms with Gasteiger partial charge in [-0.3, -0.25) is 48.5 Å². The number of aliphatic imine (C=N–C) groups is 3. The van der Waals surface area contributed by atoms with Crippen molar-refractivity contribution in [1.29, 1.82) is 0 Å². The lowest BCUT2D eigenvalue weighted by Crippen LogP contribution is -2.60. The molecule has 420 valence electrons. The number of unbranched alkanes of at least 4 members (excludes halogenated alkanes) is 1. The molecule has 0 spiro atoms. The number of hydrogen-bond donors (Lipinski definition) is 15. The van der Waals surface area contributed by atoms with E-state index in [2.05, 4.69) is 46.9 Å². The summed E-state index contributed by atoms with van der Waals surface area (Å²) in [5.41, 5.74) is 45.9. The van der Waals surface area contributed by atoms with Crippen LogP contribution in [0.5, 0.6) is 0 Å². The first kappa shape index (κ1) is 62.7. The Morgan fingerprint density at radius 2 is 0.857 bits per heavy atom. The number of amides is 7. The summed E-state index contributed by atoms with van der Waals surface area (Å²) in [5.74, 6) is -7.65. The van der Waals surface area contributed by atoms with Gasteiger partial charge >= 0.3 is 5.97 Å². The summed E-state index contributed by atoms with van der Waals surface area (Å²) in [6, 6.07) is 12.1. The van der Waals surface area contributed by atoms with Gasteiger partial charge in [-0.2, -0.15) is 0 Å². The molecule has 3 aromatic rings. The summed E-state index contributed by atoms with van der Waals surface area (Å²) in [6.07, 6.45) is 1.24. The second-order valence-corrected chi connectivity index (χ2v) is 18.4. The van der Waals surface area contributed by atoms with Crippen LogP contribution in [0.2, 0.25) is 0 Å². The number of carbonyl (C=O) groups excluding carboxylic acids is 7. The molecule has 3 rings (SSSR count). The number of fused-ring (bicyclic) bond motifs is 1.